The number of alkyl halides is 3. The first-order valence-corrected chi connectivity index (χ1v) is 10.5. The highest BCUT2D eigenvalue weighted by molar-refractivity contribution is 7.89. The number of carbonyl (C=O) groups is 1. The first kappa shape index (κ1) is 22.9. The topological polar surface area (TPSA) is 57.7 Å². The number of amides is 1. The van der Waals surface area contributed by atoms with Crippen LogP contribution < -0.4 is 0 Å². The third kappa shape index (κ3) is 5.16. The predicted octanol–water partition coefficient (Wildman–Crippen LogP) is 4.01. The van der Waals surface area contributed by atoms with Gasteiger partial charge < -0.3 is 4.90 Å². The quantitative estimate of drug-likeness (QED) is 0.670. The van der Waals surface area contributed by atoms with Gasteiger partial charge in [-0.15, -0.1) is 0 Å². The molecule has 2 aromatic rings. The Morgan fingerprint density at radius 1 is 1.00 bits per heavy atom. The van der Waals surface area contributed by atoms with E-state index in [1.54, 1.807) is 13.8 Å². The molecular formula is C20H23F3N2O3S. The van der Waals surface area contributed by atoms with Crippen molar-refractivity contribution in [3.8, 4) is 0 Å². The molecule has 158 valence electrons. The van der Waals surface area contributed by atoms with Crippen molar-refractivity contribution in [3.63, 3.8) is 0 Å². The van der Waals surface area contributed by atoms with E-state index in [1.165, 1.54) is 53.8 Å². The van der Waals surface area contributed by atoms with E-state index in [0.29, 0.717) is 0 Å². The molecule has 5 nitrogen and oxygen atoms in total. The summed E-state index contributed by atoms with van der Waals surface area (Å²) in [5.74, 6) is -0.571. The van der Waals surface area contributed by atoms with E-state index < -0.39 is 27.7 Å². The number of hydrogen-bond acceptors (Lipinski definition) is 3. The fraction of sp³-hybridized carbons (Fsp3) is 0.350. The lowest BCUT2D eigenvalue weighted by Gasteiger charge is -2.21. The molecule has 0 aliphatic carbocycles. The molecule has 1 amide bonds. The van der Waals surface area contributed by atoms with Crippen LogP contribution in [0.4, 0.5) is 13.2 Å². The standard InChI is InChI=1S/C20H23F3N2O3S/c1-4-25(5-2)29(27,28)17-11-8-10-15(13-17)19(26)24(3)14-16-9-6-7-12-18(16)20(21,22)23/h6-13H,4-5,14H2,1-3H3. The minimum atomic E-state index is -4.53. The number of carbonyl (C=O) groups excluding carboxylic acids is 1. The Kier molecular flexibility index (Phi) is 7.07. The van der Waals surface area contributed by atoms with Gasteiger partial charge in [0.2, 0.25) is 10.0 Å². The van der Waals surface area contributed by atoms with Crippen LogP contribution in [0.25, 0.3) is 0 Å². The van der Waals surface area contributed by atoms with Gasteiger partial charge in [0, 0.05) is 32.2 Å². The van der Waals surface area contributed by atoms with Crippen molar-refractivity contribution >= 4 is 15.9 Å². The molecule has 0 heterocycles. The Morgan fingerprint density at radius 3 is 2.21 bits per heavy atom. The smallest absolute Gasteiger partial charge is 0.337 e. The molecule has 0 saturated carbocycles. The van der Waals surface area contributed by atoms with Crippen LogP contribution in [0.15, 0.2) is 53.4 Å². The Hall–Kier alpha value is -2.39. The zero-order valence-corrected chi connectivity index (χ0v) is 17.2. The van der Waals surface area contributed by atoms with Gasteiger partial charge in [-0.3, -0.25) is 4.79 Å². The van der Waals surface area contributed by atoms with Gasteiger partial charge in [-0.25, -0.2) is 8.42 Å². The van der Waals surface area contributed by atoms with Crippen molar-refractivity contribution in [2.75, 3.05) is 20.1 Å². The van der Waals surface area contributed by atoms with Crippen LogP contribution in [-0.4, -0.2) is 43.7 Å². The molecule has 0 aliphatic rings. The van der Waals surface area contributed by atoms with Crippen LogP contribution in [0.3, 0.4) is 0 Å². The molecule has 0 fully saturated rings. The third-order valence-corrected chi connectivity index (χ3v) is 6.55. The first-order valence-electron chi connectivity index (χ1n) is 9.03. The molecule has 0 bridgehead atoms. The zero-order chi connectivity index (χ0) is 21.8. The number of rotatable bonds is 7. The Bertz CT molecular complexity index is 971. The number of hydrogen-bond donors (Lipinski definition) is 0. The van der Waals surface area contributed by atoms with Crippen LogP contribution in [0.2, 0.25) is 0 Å². The van der Waals surface area contributed by atoms with Crippen LogP contribution >= 0.6 is 0 Å². The summed E-state index contributed by atoms with van der Waals surface area (Å²) in [4.78, 5) is 13.8. The largest absolute Gasteiger partial charge is 0.416 e. The molecular weight excluding hydrogens is 405 g/mol. The molecule has 9 heteroatoms. The zero-order valence-electron chi connectivity index (χ0n) is 16.4. The van der Waals surface area contributed by atoms with Gasteiger partial charge in [0.05, 0.1) is 10.5 Å². The lowest BCUT2D eigenvalue weighted by atomic mass is 10.1. The molecule has 0 spiro atoms. The van der Waals surface area contributed by atoms with Crippen LogP contribution in [0, 0.1) is 0 Å². The molecule has 0 N–H and O–H groups in total. The lowest BCUT2D eigenvalue weighted by Crippen LogP contribution is -2.31. The summed E-state index contributed by atoms with van der Waals surface area (Å²) < 4.78 is 66.1. The van der Waals surface area contributed by atoms with E-state index in [1.807, 2.05) is 0 Å². The van der Waals surface area contributed by atoms with E-state index in [-0.39, 0.29) is 35.7 Å². The van der Waals surface area contributed by atoms with E-state index in [9.17, 15) is 26.4 Å². The maximum absolute atomic E-state index is 13.2. The maximum atomic E-state index is 13.2. The minimum Gasteiger partial charge on any atom is -0.337 e. The number of sulfonamides is 1. The lowest BCUT2D eigenvalue weighted by molar-refractivity contribution is -0.138. The molecule has 0 aliphatic heterocycles. The van der Waals surface area contributed by atoms with Crippen molar-refractivity contribution in [2.24, 2.45) is 0 Å². The fourth-order valence-corrected chi connectivity index (χ4v) is 4.49. The van der Waals surface area contributed by atoms with Gasteiger partial charge in [-0.2, -0.15) is 17.5 Å². The Morgan fingerprint density at radius 2 is 1.62 bits per heavy atom. The summed E-state index contributed by atoms with van der Waals surface area (Å²) in [7, 11) is -2.38. The SMILES string of the molecule is CCN(CC)S(=O)(=O)c1cccc(C(=O)N(C)Cc2ccccc2C(F)(F)F)c1. The van der Waals surface area contributed by atoms with Crippen molar-refractivity contribution in [1.82, 2.24) is 9.21 Å². The van der Waals surface area contributed by atoms with Crippen molar-refractivity contribution < 1.29 is 26.4 Å². The van der Waals surface area contributed by atoms with E-state index in [0.717, 1.165) is 11.0 Å². The molecule has 0 saturated heterocycles. The van der Waals surface area contributed by atoms with Gasteiger partial charge in [-0.1, -0.05) is 38.1 Å². The average Bonchev–Trinajstić information content (AvgIpc) is 2.67. The van der Waals surface area contributed by atoms with Gasteiger partial charge >= 0.3 is 6.18 Å². The highest BCUT2D eigenvalue weighted by Gasteiger charge is 2.33. The Balaban J connectivity index is 2.30. The highest BCUT2D eigenvalue weighted by Crippen LogP contribution is 2.32. The van der Waals surface area contributed by atoms with E-state index in [4.69, 9.17) is 0 Å². The van der Waals surface area contributed by atoms with Crippen LogP contribution in [0.1, 0.15) is 35.3 Å². The summed E-state index contributed by atoms with van der Waals surface area (Å²) in [6.45, 7) is 3.72. The van der Waals surface area contributed by atoms with Crippen LogP contribution in [0.5, 0.6) is 0 Å². The highest BCUT2D eigenvalue weighted by atomic mass is 32.2. The summed E-state index contributed by atoms with van der Waals surface area (Å²) in [6.07, 6.45) is -4.53. The molecule has 0 unspecified atom stereocenters. The molecule has 2 aromatic carbocycles. The minimum absolute atomic E-state index is 0.0314. The Labute approximate surface area is 168 Å². The van der Waals surface area contributed by atoms with Gasteiger partial charge in [0.1, 0.15) is 0 Å². The summed E-state index contributed by atoms with van der Waals surface area (Å²) in [5, 5.41) is 0. The van der Waals surface area contributed by atoms with Gasteiger partial charge in [-0.05, 0) is 29.8 Å². The van der Waals surface area contributed by atoms with Crippen molar-refractivity contribution in [2.45, 2.75) is 31.5 Å². The van der Waals surface area contributed by atoms with Gasteiger partial charge in [0.25, 0.3) is 5.91 Å². The van der Waals surface area contributed by atoms with Crippen LogP contribution in [-0.2, 0) is 22.7 Å². The fourth-order valence-electron chi connectivity index (χ4n) is 2.98. The van der Waals surface area contributed by atoms with E-state index >= 15 is 0 Å². The number of halogens is 3. The second kappa shape index (κ2) is 8.96. The second-order valence-corrected chi connectivity index (χ2v) is 8.37. The first-order chi connectivity index (χ1) is 13.5. The third-order valence-electron chi connectivity index (χ3n) is 4.50. The monoisotopic (exact) mass is 428 g/mol. The molecule has 29 heavy (non-hydrogen) atoms. The normalized spacial score (nSPS) is 12.2. The van der Waals surface area contributed by atoms with E-state index in [2.05, 4.69) is 0 Å². The summed E-state index contributed by atoms with van der Waals surface area (Å²) in [6, 6.07) is 10.6. The maximum Gasteiger partial charge on any atom is 0.416 e. The summed E-state index contributed by atoms with van der Waals surface area (Å²) in [5.41, 5.74) is -0.759. The molecule has 0 radical (unpaired) electrons. The molecule has 0 aromatic heterocycles. The summed E-state index contributed by atoms with van der Waals surface area (Å²) >= 11 is 0. The second-order valence-electron chi connectivity index (χ2n) is 6.43. The molecule has 0 atom stereocenters. The predicted molar refractivity (Wildman–Crippen MR) is 104 cm³/mol. The molecule has 2 rings (SSSR count). The van der Waals surface area contributed by atoms with Crippen molar-refractivity contribution in [3.05, 3.63) is 65.2 Å². The van der Waals surface area contributed by atoms with Gasteiger partial charge in [0.15, 0.2) is 0 Å². The number of nitrogens with zero attached hydrogens (tertiary/aromatic N) is 2. The van der Waals surface area contributed by atoms with Crippen molar-refractivity contribution in [1.29, 1.82) is 0 Å². The number of benzene rings is 2. The average molecular weight is 428 g/mol.